The van der Waals surface area contributed by atoms with Crippen LogP contribution in [0.15, 0.2) is 42.5 Å². The van der Waals surface area contributed by atoms with Crippen LogP contribution in [0.4, 0.5) is 5.69 Å². The maximum Gasteiger partial charge on any atom is 0.337 e. The summed E-state index contributed by atoms with van der Waals surface area (Å²) in [7, 11) is 0. The smallest absolute Gasteiger partial charge is 0.337 e. The molecule has 0 aliphatic heterocycles. The third-order valence-corrected chi connectivity index (χ3v) is 3.44. The van der Waals surface area contributed by atoms with E-state index in [0.717, 1.165) is 17.7 Å². The SMILES string of the molecule is CCCOc1ccccc1CNc1ccc(Cl)c(C(=O)O)c1. The lowest BCUT2D eigenvalue weighted by Crippen LogP contribution is -2.05. The van der Waals surface area contributed by atoms with Crippen molar-refractivity contribution in [3.05, 3.63) is 58.6 Å². The second kappa shape index (κ2) is 7.71. The highest BCUT2D eigenvalue weighted by atomic mass is 35.5. The fourth-order valence-corrected chi connectivity index (χ4v) is 2.20. The van der Waals surface area contributed by atoms with Crippen LogP contribution in [0.5, 0.6) is 5.75 Å². The number of para-hydroxylation sites is 1. The van der Waals surface area contributed by atoms with Gasteiger partial charge in [0, 0.05) is 17.8 Å². The van der Waals surface area contributed by atoms with Crippen molar-refractivity contribution in [3.63, 3.8) is 0 Å². The van der Waals surface area contributed by atoms with Gasteiger partial charge in [0.25, 0.3) is 0 Å². The minimum Gasteiger partial charge on any atom is -0.493 e. The highest BCUT2D eigenvalue weighted by molar-refractivity contribution is 6.33. The van der Waals surface area contributed by atoms with Crippen molar-refractivity contribution in [1.29, 1.82) is 0 Å². The zero-order chi connectivity index (χ0) is 15.9. The third-order valence-electron chi connectivity index (χ3n) is 3.11. The number of carboxylic acids is 1. The largest absolute Gasteiger partial charge is 0.493 e. The Labute approximate surface area is 134 Å². The van der Waals surface area contributed by atoms with Crippen LogP contribution < -0.4 is 10.1 Å². The topological polar surface area (TPSA) is 58.6 Å². The standard InChI is InChI=1S/C17H18ClNO3/c1-2-9-22-16-6-4-3-5-12(16)11-19-13-7-8-15(18)14(10-13)17(20)21/h3-8,10,19H,2,9,11H2,1H3,(H,20,21). The third kappa shape index (κ3) is 4.15. The van der Waals surface area contributed by atoms with E-state index in [-0.39, 0.29) is 10.6 Å². The van der Waals surface area contributed by atoms with Crippen molar-refractivity contribution in [2.24, 2.45) is 0 Å². The molecule has 2 aromatic carbocycles. The van der Waals surface area contributed by atoms with E-state index in [4.69, 9.17) is 21.4 Å². The molecular formula is C17H18ClNO3. The second-order valence-electron chi connectivity index (χ2n) is 4.81. The number of carboxylic acid groups (broad SMARTS) is 1. The number of anilines is 1. The summed E-state index contributed by atoms with van der Waals surface area (Å²) in [4.78, 5) is 11.1. The van der Waals surface area contributed by atoms with Crippen LogP contribution in [0.3, 0.4) is 0 Å². The fraction of sp³-hybridized carbons (Fsp3) is 0.235. The lowest BCUT2D eigenvalue weighted by molar-refractivity contribution is 0.0697. The zero-order valence-corrected chi connectivity index (χ0v) is 13.1. The van der Waals surface area contributed by atoms with Crippen molar-refractivity contribution < 1.29 is 14.6 Å². The molecule has 0 saturated heterocycles. The first-order valence-corrected chi connectivity index (χ1v) is 7.47. The first-order valence-electron chi connectivity index (χ1n) is 7.09. The van der Waals surface area contributed by atoms with E-state index in [1.807, 2.05) is 24.3 Å². The molecule has 0 saturated carbocycles. The highest BCUT2D eigenvalue weighted by Crippen LogP contribution is 2.23. The van der Waals surface area contributed by atoms with Gasteiger partial charge in [-0.3, -0.25) is 0 Å². The molecule has 0 spiro atoms. The first kappa shape index (κ1) is 16.2. The van der Waals surface area contributed by atoms with Crippen molar-refractivity contribution in [3.8, 4) is 5.75 Å². The van der Waals surface area contributed by atoms with Gasteiger partial charge in [-0.05, 0) is 30.7 Å². The summed E-state index contributed by atoms with van der Waals surface area (Å²) in [6.45, 7) is 3.27. The molecule has 22 heavy (non-hydrogen) atoms. The Bertz CT molecular complexity index is 658. The van der Waals surface area contributed by atoms with E-state index in [2.05, 4.69) is 12.2 Å². The Morgan fingerprint density at radius 3 is 2.77 bits per heavy atom. The molecule has 0 unspecified atom stereocenters. The van der Waals surface area contributed by atoms with Gasteiger partial charge in [0.2, 0.25) is 0 Å². The van der Waals surface area contributed by atoms with Gasteiger partial charge in [-0.1, -0.05) is 36.7 Å². The van der Waals surface area contributed by atoms with Crippen LogP contribution in [-0.4, -0.2) is 17.7 Å². The lowest BCUT2D eigenvalue weighted by Gasteiger charge is -2.13. The molecule has 2 rings (SSSR count). The molecule has 0 aliphatic carbocycles. The lowest BCUT2D eigenvalue weighted by atomic mass is 10.1. The summed E-state index contributed by atoms with van der Waals surface area (Å²) in [5, 5.41) is 12.5. The molecular weight excluding hydrogens is 302 g/mol. The zero-order valence-electron chi connectivity index (χ0n) is 12.3. The van der Waals surface area contributed by atoms with Gasteiger partial charge in [-0.15, -0.1) is 0 Å². The molecule has 0 fully saturated rings. The van der Waals surface area contributed by atoms with E-state index >= 15 is 0 Å². The number of ether oxygens (including phenoxy) is 1. The molecule has 0 amide bonds. The number of benzene rings is 2. The second-order valence-corrected chi connectivity index (χ2v) is 5.22. The Morgan fingerprint density at radius 2 is 2.05 bits per heavy atom. The molecule has 0 aromatic heterocycles. The van der Waals surface area contributed by atoms with E-state index < -0.39 is 5.97 Å². The van der Waals surface area contributed by atoms with Crippen LogP contribution in [0.2, 0.25) is 5.02 Å². The van der Waals surface area contributed by atoms with Crippen LogP contribution >= 0.6 is 11.6 Å². The molecule has 116 valence electrons. The number of hydrogen-bond donors (Lipinski definition) is 2. The van der Waals surface area contributed by atoms with E-state index in [0.29, 0.717) is 18.8 Å². The molecule has 2 aromatic rings. The minimum atomic E-state index is -1.04. The normalized spacial score (nSPS) is 10.3. The quantitative estimate of drug-likeness (QED) is 0.792. The van der Waals surface area contributed by atoms with Crippen LogP contribution in [0.1, 0.15) is 29.3 Å². The summed E-state index contributed by atoms with van der Waals surface area (Å²) in [6.07, 6.45) is 0.945. The molecule has 5 heteroatoms. The summed E-state index contributed by atoms with van der Waals surface area (Å²) in [5.41, 5.74) is 1.80. The van der Waals surface area contributed by atoms with Crippen molar-refractivity contribution in [2.75, 3.05) is 11.9 Å². The molecule has 2 N–H and O–H groups in total. The Balaban J connectivity index is 2.10. The molecule has 0 radical (unpaired) electrons. The summed E-state index contributed by atoms with van der Waals surface area (Å²) in [5.74, 6) is -0.204. The van der Waals surface area contributed by atoms with E-state index in [1.165, 1.54) is 6.07 Å². The van der Waals surface area contributed by atoms with Crippen LogP contribution in [-0.2, 0) is 6.54 Å². The van der Waals surface area contributed by atoms with Gasteiger partial charge >= 0.3 is 5.97 Å². The number of rotatable bonds is 7. The van der Waals surface area contributed by atoms with Crippen molar-refractivity contribution in [2.45, 2.75) is 19.9 Å². The molecule has 4 nitrogen and oxygen atoms in total. The number of nitrogens with one attached hydrogen (secondary N) is 1. The monoisotopic (exact) mass is 319 g/mol. The van der Waals surface area contributed by atoms with Crippen molar-refractivity contribution in [1.82, 2.24) is 0 Å². The molecule has 0 heterocycles. The average Bonchev–Trinajstić information content (AvgIpc) is 2.52. The number of halogens is 1. The average molecular weight is 320 g/mol. The predicted octanol–water partition coefficient (Wildman–Crippen LogP) is 4.44. The number of carbonyl (C=O) groups is 1. The Kier molecular flexibility index (Phi) is 5.67. The maximum atomic E-state index is 11.1. The fourth-order valence-electron chi connectivity index (χ4n) is 2.00. The predicted molar refractivity (Wildman–Crippen MR) is 88.0 cm³/mol. The summed E-state index contributed by atoms with van der Waals surface area (Å²) < 4.78 is 5.70. The van der Waals surface area contributed by atoms with Crippen LogP contribution in [0, 0.1) is 0 Å². The van der Waals surface area contributed by atoms with Gasteiger partial charge in [0.1, 0.15) is 5.75 Å². The number of hydrogen-bond acceptors (Lipinski definition) is 3. The van der Waals surface area contributed by atoms with Crippen LogP contribution in [0.25, 0.3) is 0 Å². The first-order chi connectivity index (χ1) is 10.6. The van der Waals surface area contributed by atoms with Crippen molar-refractivity contribution >= 4 is 23.3 Å². The maximum absolute atomic E-state index is 11.1. The van der Waals surface area contributed by atoms with Gasteiger partial charge in [0.05, 0.1) is 17.2 Å². The molecule has 0 aliphatic rings. The Morgan fingerprint density at radius 1 is 1.27 bits per heavy atom. The van der Waals surface area contributed by atoms with Gasteiger partial charge in [-0.25, -0.2) is 4.79 Å². The van der Waals surface area contributed by atoms with E-state index in [1.54, 1.807) is 12.1 Å². The highest BCUT2D eigenvalue weighted by Gasteiger charge is 2.09. The molecule has 0 atom stereocenters. The van der Waals surface area contributed by atoms with Gasteiger partial charge in [0.15, 0.2) is 0 Å². The summed E-state index contributed by atoms with van der Waals surface area (Å²) >= 11 is 5.86. The summed E-state index contributed by atoms with van der Waals surface area (Å²) in [6, 6.07) is 12.6. The minimum absolute atomic E-state index is 0.0854. The Hall–Kier alpha value is -2.20. The van der Waals surface area contributed by atoms with Gasteiger partial charge in [-0.2, -0.15) is 0 Å². The number of aromatic carboxylic acids is 1. The van der Waals surface area contributed by atoms with Gasteiger partial charge < -0.3 is 15.2 Å². The molecule has 0 bridgehead atoms. The van der Waals surface area contributed by atoms with E-state index in [9.17, 15) is 4.79 Å².